The van der Waals surface area contributed by atoms with Gasteiger partial charge in [-0.3, -0.25) is 4.68 Å². The molecule has 1 aliphatic rings. The summed E-state index contributed by atoms with van der Waals surface area (Å²) in [4.78, 5) is 22.0. The Morgan fingerprint density at radius 1 is 0.909 bits per heavy atom. The van der Waals surface area contributed by atoms with Gasteiger partial charge in [-0.15, -0.1) is 0 Å². The lowest BCUT2D eigenvalue weighted by Gasteiger charge is -2.34. The molecule has 1 aliphatic heterocycles. The normalized spacial score (nSPS) is 15.1. The Bertz CT molecular complexity index is 1460. The predicted octanol–water partition coefficient (Wildman–Crippen LogP) is 3.98. The van der Waals surface area contributed by atoms with Crippen LogP contribution in [0.5, 0.6) is 0 Å². The van der Waals surface area contributed by atoms with E-state index < -0.39 is 0 Å². The van der Waals surface area contributed by atoms with Gasteiger partial charge in [0, 0.05) is 62.3 Å². The second kappa shape index (κ2) is 7.83. The minimum Gasteiger partial charge on any atom is -0.369 e. The minimum absolute atomic E-state index is 0.370. The van der Waals surface area contributed by atoms with Gasteiger partial charge in [0.15, 0.2) is 11.0 Å². The van der Waals surface area contributed by atoms with Crippen molar-refractivity contribution < 1.29 is 0 Å². The average molecular weight is 459 g/mol. The van der Waals surface area contributed by atoms with Gasteiger partial charge in [-0.1, -0.05) is 23.7 Å². The van der Waals surface area contributed by atoms with E-state index in [0.717, 1.165) is 59.4 Å². The number of pyridine rings is 1. The summed E-state index contributed by atoms with van der Waals surface area (Å²) >= 11 is 6.50. The Morgan fingerprint density at radius 2 is 1.70 bits per heavy atom. The molecule has 0 radical (unpaired) electrons. The first-order valence-electron chi connectivity index (χ1n) is 10.9. The van der Waals surface area contributed by atoms with Gasteiger partial charge in [0.2, 0.25) is 0 Å². The molecule has 1 aromatic carbocycles. The molecule has 6 rings (SSSR count). The number of likely N-dealkylation sites (N-methyl/N-ethyl adjacent to an activating group) is 1. The number of nitrogens with one attached hydrogen (secondary N) is 1. The second-order valence-corrected chi connectivity index (χ2v) is 8.90. The summed E-state index contributed by atoms with van der Waals surface area (Å²) in [6.45, 7) is 4.29. The first-order chi connectivity index (χ1) is 16.0. The van der Waals surface area contributed by atoms with Gasteiger partial charge in [0.05, 0.1) is 11.8 Å². The highest BCUT2D eigenvalue weighted by Gasteiger charge is 2.17. The smallest absolute Gasteiger partial charge is 0.164 e. The number of aromatic amines is 1. The molecule has 0 atom stereocenters. The third kappa shape index (κ3) is 3.61. The fraction of sp³-hybridized carbons (Fsp3) is 0.250. The van der Waals surface area contributed by atoms with Crippen molar-refractivity contribution in [1.82, 2.24) is 34.6 Å². The zero-order valence-electron chi connectivity index (χ0n) is 18.5. The zero-order chi connectivity index (χ0) is 22.5. The Labute approximate surface area is 195 Å². The molecule has 8 nitrogen and oxygen atoms in total. The van der Waals surface area contributed by atoms with Crippen LogP contribution in [0, 0.1) is 0 Å². The molecule has 33 heavy (non-hydrogen) atoms. The molecule has 0 spiro atoms. The van der Waals surface area contributed by atoms with E-state index in [4.69, 9.17) is 16.6 Å². The van der Waals surface area contributed by atoms with E-state index in [1.165, 1.54) is 5.69 Å². The molecule has 0 unspecified atom stereocenters. The summed E-state index contributed by atoms with van der Waals surface area (Å²) in [6, 6.07) is 10.8. The molecule has 1 fully saturated rings. The molecule has 4 aromatic heterocycles. The summed E-state index contributed by atoms with van der Waals surface area (Å²) in [5, 5.41) is 5.51. The number of H-pyrrole nitrogens is 1. The second-order valence-electron chi connectivity index (χ2n) is 8.55. The number of hydrogen-bond donors (Lipinski definition) is 1. The third-order valence-corrected chi connectivity index (χ3v) is 6.56. The van der Waals surface area contributed by atoms with Gasteiger partial charge in [0.25, 0.3) is 0 Å². The molecule has 166 valence electrons. The van der Waals surface area contributed by atoms with E-state index in [1.54, 1.807) is 10.9 Å². The zero-order valence-corrected chi connectivity index (χ0v) is 19.2. The molecule has 1 saturated heterocycles. The summed E-state index contributed by atoms with van der Waals surface area (Å²) in [5.41, 5.74) is 6.41. The van der Waals surface area contributed by atoms with Crippen molar-refractivity contribution >= 4 is 39.4 Å². The average Bonchev–Trinajstić information content (AvgIpc) is 3.43. The minimum atomic E-state index is 0.370. The van der Waals surface area contributed by atoms with Crippen LogP contribution in [-0.4, -0.2) is 67.8 Å². The maximum atomic E-state index is 6.50. The largest absolute Gasteiger partial charge is 0.369 e. The fourth-order valence-electron chi connectivity index (χ4n) is 4.36. The van der Waals surface area contributed by atoms with E-state index in [9.17, 15) is 0 Å². The highest BCUT2D eigenvalue weighted by atomic mass is 35.5. The van der Waals surface area contributed by atoms with Crippen LogP contribution in [0.15, 0.2) is 48.9 Å². The molecule has 5 aromatic rings. The number of nitrogens with zero attached hydrogens (tertiary/aromatic N) is 7. The van der Waals surface area contributed by atoms with E-state index in [2.05, 4.69) is 67.2 Å². The first-order valence-corrected chi connectivity index (χ1v) is 11.3. The van der Waals surface area contributed by atoms with E-state index in [1.807, 2.05) is 19.4 Å². The quantitative estimate of drug-likeness (QED) is 0.412. The van der Waals surface area contributed by atoms with Crippen molar-refractivity contribution in [3.8, 4) is 22.5 Å². The van der Waals surface area contributed by atoms with Crippen LogP contribution in [0.3, 0.4) is 0 Å². The molecular formula is C24H23ClN8. The van der Waals surface area contributed by atoms with Crippen LogP contribution < -0.4 is 4.90 Å². The number of hydrogen-bond acceptors (Lipinski definition) is 6. The number of rotatable bonds is 3. The molecule has 0 bridgehead atoms. The maximum absolute atomic E-state index is 6.50. The van der Waals surface area contributed by atoms with Crippen molar-refractivity contribution in [2.75, 3.05) is 38.1 Å². The Morgan fingerprint density at radius 3 is 2.42 bits per heavy atom. The molecular weight excluding hydrogens is 436 g/mol. The van der Waals surface area contributed by atoms with Crippen molar-refractivity contribution in [3.05, 3.63) is 54.1 Å². The van der Waals surface area contributed by atoms with Gasteiger partial charge >= 0.3 is 0 Å². The van der Waals surface area contributed by atoms with Crippen LogP contribution in [0.2, 0.25) is 5.15 Å². The van der Waals surface area contributed by atoms with E-state index in [0.29, 0.717) is 16.5 Å². The lowest BCUT2D eigenvalue weighted by molar-refractivity contribution is 0.313. The van der Waals surface area contributed by atoms with Crippen LogP contribution in [0.4, 0.5) is 5.69 Å². The number of fused-ring (bicyclic) bond motifs is 3. The number of benzene rings is 1. The van der Waals surface area contributed by atoms with Crippen molar-refractivity contribution in [1.29, 1.82) is 0 Å². The summed E-state index contributed by atoms with van der Waals surface area (Å²) < 4.78 is 1.72. The Balaban J connectivity index is 1.39. The summed E-state index contributed by atoms with van der Waals surface area (Å²) in [6.07, 6.45) is 5.49. The van der Waals surface area contributed by atoms with E-state index >= 15 is 0 Å². The topological polar surface area (TPSA) is 78.8 Å². The number of aryl methyl sites for hydroxylation is 1. The number of aromatic nitrogens is 6. The Hall–Kier alpha value is -3.49. The summed E-state index contributed by atoms with van der Waals surface area (Å²) in [5.74, 6) is 0.545. The van der Waals surface area contributed by atoms with Gasteiger partial charge in [-0.2, -0.15) is 5.10 Å². The first kappa shape index (κ1) is 20.1. The lowest BCUT2D eigenvalue weighted by atomic mass is 10.1. The van der Waals surface area contributed by atoms with Crippen LogP contribution in [0.25, 0.3) is 44.6 Å². The standard InChI is InChI=1S/C24H23ClN8/c1-31-7-9-33(10-8-31)18-5-3-15(4-6-18)16-11-19-20-21(29-24(19)26-12-16)22(25)30-23(28-20)17-13-27-32(2)14-17/h3-6,11-14H,7-10H2,1-2H3,(H,26,29). The van der Waals surface area contributed by atoms with Crippen molar-refractivity contribution in [2.24, 2.45) is 7.05 Å². The molecule has 1 N–H and O–H groups in total. The van der Waals surface area contributed by atoms with Crippen molar-refractivity contribution in [3.63, 3.8) is 0 Å². The van der Waals surface area contributed by atoms with Crippen molar-refractivity contribution in [2.45, 2.75) is 0 Å². The fourth-order valence-corrected chi connectivity index (χ4v) is 4.57. The molecule has 9 heteroatoms. The number of piperazine rings is 1. The van der Waals surface area contributed by atoms with Crippen LogP contribution in [0.1, 0.15) is 0 Å². The van der Waals surface area contributed by atoms with E-state index in [-0.39, 0.29) is 0 Å². The predicted molar refractivity (Wildman–Crippen MR) is 132 cm³/mol. The molecule has 0 amide bonds. The molecule has 0 saturated carbocycles. The van der Waals surface area contributed by atoms with Crippen LogP contribution >= 0.6 is 11.6 Å². The maximum Gasteiger partial charge on any atom is 0.164 e. The highest BCUT2D eigenvalue weighted by Crippen LogP contribution is 2.32. The SMILES string of the molecule is CN1CCN(c2ccc(-c3cnc4[nH]c5c(Cl)nc(-c6cnn(C)c6)nc5c4c3)cc2)CC1. The van der Waals surface area contributed by atoms with Gasteiger partial charge in [-0.25, -0.2) is 15.0 Å². The molecule has 0 aliphatic carbocycles. The third-order valence-electron chi connectivity index (χ3n) is 6.28. The van der Waals surface area contributed by atoms with Gasteiger partial charge < -0.3 is 14.8 Å². The monoisotopic (exact) mass is 458 g/mol. The highest BCUT2D eigenvalue weighted by molar-refractivity contribution is 6.34. The van der Waals surface area contributed by atoms with Crippen LogP contribution in [-0.2, 0) is 7.05 Å². The summed E-state index contributed by atoms with van der Waals surface area (Å²) in [7, 11) is 4.03. The number of halogens is 1. The number of anilines is 1. The molecule has 5 heterocycles. The Kier molecular flexibility index (Phi) is 4.78. The van der Waals surface area contributed by atoms with Gasteiger partial charge in [0.1, 0.15) is 16.7 Å². The van der Waals surface area contributed by atoms with Gasteiger partial charge in [-0.05, 0) is 30.8 Å². The lowest BCUT2D eigenvalue weighted by Crippen LogP contribution is -2.44.